The molecule has 2 aromatic rings. The summed E-state index contributed by atoms with van der Waals surface area (Å²) >= 11 is 0. The molecule has 0 aliphatic heterocycles. The van der Waals surface area contributed by atoms with Crippen LogP contribution < -0.4 is 10.7 Å². The van der Waals surface area contributed by atoms with E-state index in [9.17, 15) is 14.5 Å². The van der Waals surface area contributed by atoms with Gasteiger partial charge in [0.25, 0.3) is 5.91 Å². The maximum atomic E-state index is 12.2. The average molecular weight is 368 g/mol. The highest BCUT2D eigenvalue weighted by Crippen LogP contribution is 2.51. The normalized spacial score (nSPS) is 21.0. The molecule has 1 heterocycles. The average Bonchev–Trinajstić information content (AvgIpc) is 2.98. The summed E-state index contributed by atoms with van der Waals surface area (Å²) in [7, 11) is 1.42. The summed E-state index contributed by atoms with van der Waals surface area (Å²) in [4.78, 5) is 35.3. The van der Waals surface area contributed by atoms with Crippen molar-refractivity contribution in [1.29, 1.82) is 0 Å². The summed E-state index contributed by atoms with van der Waals surface area (Å²) < 4.78 is 1.52. The molecule has 1 aromatic carbocycles. The maximum Gasteiger partial charge on any atom is 0.275 e. The number of hydrogen-bond acceptors (Lipinski definition) is 5. The lowest BCUT2D eigenvalue weighted by Gasteiger charge is -2.32. The van der Waals surface area contributed by atoms with Crippen LogP contribution in [-0.2, 0) is 12.0 Å². The van der Waals surface area contributed by atoms with Crippen molar-refractivity contribution in [2.75, 3.05) is 7.05 Å². The predicted molar refractivity (Wildman–Crippen MR) is 103 cm³/mol. The zero-order valence-corrected chi connectivity index (χ0v) is 15.9. The Morgan fingerprint density at radius 2 is 1.96 bits per heavy atom. The van der Waals surface area contributed by atoms with Crippen LogP contribution in [0.25, 0.3) is 0 Å². The summed E-state index contributed by atoms with van der Waals surface area (Å²) in [5.41, 5.74) is -0.185. The van der Waals surface area contributed by atoms with Crippen molar-refractivity contribution in [1.82, 2.24) is 15.1 Å². The Kier molecular flexibility index (Phi) is 4.95. The van der Waals surface area contributed by atoms with Crippen molar-refractivity contribution in [3.8, 4) is 0 Å². The molecule has 1 N–H and O–H groups in total. The Labute approximate surface area is 157 Å². The second-order valence-electron chi connectivity index (χ2n) is 8.05. The third-order valence-electron chi connectivity index (χ3n) is 5.44. The van der Waals surface area contributed by atoms with Gasteiger partial charge in [0.1, 0.15) is 0 Å². The van der Waals surface area contributed by atoms with Gasteiger partial charge in [0, 0.05) is 12.5 Å². The fraction of sp³-hybridized carbons (Fsp3) is 0.450. The molecule has 142 valence electrons. The zero-order chi connectivity index (χ0) is 19.7. The number of carbonyl (C=O) groups excluding carboxylic acids is 1. The van der Waals surface area contributed by atoms with Gasteiger partial charge in [-0.15, -0.1) is 4.91 Å². The third-order valence-corrected chi connectivity index (χ3v) is 5.44. The second-order valence-corrected chi connectivity index (χ2v) is 8.05. The Morgan fingerprint density at radius 3 is 2.52 bits per heavy atom. The van der Waals surface area contributed by atoms with Crippen LogP contribution >= 0.6 is 0 Å². The molecule has 1 fully saturated rings. The number of nitroso groups, excluding NO2 is 1. The molecule has 27 heavy (non-hydrogen) atoms. The van der Waals surface area contributed by atoms with E-state index in [0.717, 1.165) is 19.3 Å². The number of nitrogens with one attached hydrogen (secondary N) is 1. The van der Waals surface area contributed by atoms with Crippen molar-refractivity contribution in [2.24, 2.45) is 10.6 Å². The SMILES string of the molecule is CNC(=O)c1nn(CC2(c3ccccc3)CCC(C)(C)C2)cc(N=O)c1=O. The van der Waals surface area contributed by atoms with Crippen LogP contribution in [-0.4, -0.2) is 22.7 Å². The molecule has 3 rings (SSSR count). The van der Waals surface area contributed by atoms with E-state index >= 15 is 0 Å². The maximum absolute atomic E-state index is 12.2. The van der Waals surface area contributed by atoms with Crippen molar-refractivity contribution in [3.05, 3.63) is 62.9 Å². The number of rotatable bonds is 5. The number of benzene rings is 1. The minimum Gasteiger partial charge on any atom is -0.354 e. The molecule has 7 nitrogen and oxygen atoms in total. The number of hydrogen-bond donors (Lipinski definition) is 1. The van der Waals surface area contributed by atoms with Crippen molar-refractivity contribution < 1.29 is 4.79 Å². The van der Waals surface area contributed by atoms with Gasteiger partial charge in [0.2, 0.25) is 5.43 Å². The number of aromatic nitrogens is 2. The Hall–Kier alpha value is -2.83. The van der Waals surface area contributed by atoms with Gasteiger partial charge in [-0.25, -0.2) is 0 Å². The van der Waals surface area contributed by atoms with Crippen LogP contribution in [0.4, 0.5) is 5.69 Å². The molecule has 0 radical (unpaired) electrons. The predicted octanol–water partition coefficient (Wildman–Crippen LogP) is 3.15. The minimum absolute atomic E-state index is 0.171. The summed E-state index contributed by atoms with van der Waals surface area (Å²) in [6, 6.07) is 10.2. The highest BCUT2D eigenvalue weighted by Gasteiger charge is 2.44. The molecule has 1 aromatic heterocycles. The standard InChI is InChI=1S/C20H24N4O3/c1-19(2)9-10-20(12-19,14-7-5-4-6-8-14)13-24-11-15(23-27)17(25)16(22-24)18(26)21-3/h4-8,11H,9-10,12-13H2,1-3H3,(H,21,26). The summed E-state index contributed by atoms with van der Waals surface area (Å²) in [6.45, 7) is 4.95. The third kappa shape index (κ3) is 3.67. The number of amides is 1. The molecule has 1 unspecified atom stereocenters. The zero-order valence-electron chi connectivity index (χ0n) is 15.9. The molecular formula is C20H24N4O3. The summed E-state index contributed by atoms with van der Waals surface area (Å²) in [5.74, 6) is -0.625. The van der Waals surface area contributed by atoms with Crippen LogP contribution in [0.2, 0.25) is 0 Å². The minimum atomic E-state index is -0.749. The van der Waals surface area contributed by atoms with E-state index in [-0.39, 0.29) is 22.2 Å². The van der Waals surface area contributed by atoms with E-state index in [4.69, 9.17) is 0 Å². The fourth-order valence-corrected chi connectivity index (χ4v) is 4.18. The van der Waals surface area contributed by atoms with E-state index in [1.807, 2.05) is 18.2 Å². The van der Waals surface area contributed by atoms with Gasteiger partial charge in [-0.2, -0.15) is 5.10 Å². The van der Waals surface area contributed by atoms with Gasteiger partial charge in [0.05, 0.1) is 12.7 Å². The summed E-state index contributed by atoms with van der Waals surface area (Å²) in [5, 5.41) is 9.42. The smallest absolute Gasteiger partial charge is 0.275 e. The van der Waals surface area contributed by atoms with Gasteiger partial charge in [-0.05, 0) is 35.4 Å². The van der Waals surface area contributed by atoms with E-state index in [0.29, 0.717) is 6.54 Å². The first kappa shape index (κ1) is 18.9. The van der Waals surface area contributed by atoms with Crippen LogP contribution in [0.5, 0.6) is 0 Å². The summed E-state index contributed by atoms with van der Waals surface area (Å²) in [6.07, 6.45) is 4.30. The van der Waals surface area contributed by atoms with E-state index < -0.39 is 11.3 Å². The fourth-order valence-electron chi connectivity index (χ4n) is 4.18. The highest BCUT2D eigenvalue weighted by atomic mass is 16.3. The van der Waals surface area contributed by atoms with Crippen LogP contribution in [0.1, 0.15) is 49.2 Å². The molecule has 7 heteroatoms. The van der Waals surface area contributed by atoms with Crippen molar-refractivity contribution in [2.45, 2.75) is 45.1 Å². The molecule has 0 saturated heterocycles. The van der Waals surface area contributed by atoms with Crippen molar-refractivity contribution in [3.63, 3.8) is 0 Å². The second kappa shape index (κ2) is 7.06. The van der Waals surface area contributed by atoms with Crippen LogP contribution in [0.3, 0.4) is 0 Å². The van der Waals surface area contributed by atoms with E-state index in [2.05, 4.69) is 41.6 Å². The van der Waals surface area contributed by atoms with Gasteiger partial charge < -0.3 is 5.32 Å². The first-order chi connectivity index (χ1) is 12.8. The van der Waals surface area contributed by atoms with Crippen LogP contribution in [0, 0.1) is 10.3 Å². The first-order valence-electron chi connectivity index (χ1n) is 9.03. The number of carbonyl (C=O) groups is 1. The van der Waals surface area contributed by atoms with Gasteiger partial charge >= 0.3 is 0 Å². The molecule has 1 aliphatic rings. The molecule has 1 saturated carbocycles. The lowest BCUT2D eigenvalue weighted by Crippen LogP contribution is -2.34. The molecule has 1 atom stereocenters. The monoisotopic (exact) mass is 368 g/mol. The Morgan fingerprint density at radius 1 is 1.26 bits per heavy atom. The molecule has 0 bridgehead atoms. The van der Waals surface area contributed by atoms with Gasteiger partial charge in [-0.1, -0.05) is 44.2 Å². The lowest BCUT2D eigenvalue weighted by atomic mass is 9.76. The largest absolute Gasteiger partial charge is 0.354 e. The first-order valence-corrected chi connectivity index (χ1v) is 9.03. The van der Waals surface area contributed by atoms with Gasteiger partial charge in [0.15, 0.2) is 11.4 Å². The molecule has 1 aliphatic carbocycles. The molecular weight excluding hydrogens is 344 g/mol. The van der Waals surface area contributed by atoms with Crippen LogP contribution in [0.15, 0.2) is 46.5 Å². The number of nitrogens with zero attached hydrogens (tertiary/aromatic N) is 3. The van der Waals surface area contributed by atoms with E-state index in [1.165, 1.54) is 23.5 Å². The van der Waals surface area contributed by atoms with Gasteiger partial charge in [-0.3, -0.25) is 14.3 Å². The van der Waals surface area contributed by atoms with Crippen molar-refractivity contribution >= 4 is 11.6 Å². The molecule has 0 spiro atoms. The topological polar surface area (TPSA) is 93.4 Å². The van der Waals surface area contributed by atoms with E-state index in [1.54, 1.807) is 0 Å². The molecule has 1 amide bonds. The Bertz CT molecular complexity index is 921. The highest BCUT2D eigenvalue weighted by molar-refractivity contribution is 5.92. The quantitative estimate of drug-likeness (QED) is 0.821. The Balaban J connectivity index is 2.09. The lowest BCUT2D eigenvalue weighted by molar-refractivity contribution is 0.0954.